The molecular weight excluding hydrogens is 218 g/mol. The topological polar surface area (TPSA) is 12.0 Å². The summed E-state index contributed by atoms with van der Waals surface area (Å²) in [4.78, 5) is 0. The first-order valence-corrected chi connectivity index (χ1v) is 6.53. The van der Waals surface area contributed by atoms with Crippen molar-refractivity contribution >= 4 is 11.6 Å². The van der Waals surface area contributed by atoms with Gasteiger partial charge in [-0.15, -0.1) is 0 Å². The van der Waals surface area contributed by atoms with Gasteiger partial charge in [-0.25, -0.2) is 0 Å². The standard InChI is InChI=1S/C14H20ClN/c1-10(11(2)16-14-6-7-14)8-12-4-3-5-13(15)9-12/h3-5,9-11,14,16H,6-8H2,1-2H3. The van der Waals surface area contributed by atoms with Crippen molar-refractivity contribution in [3.63, 3.8) is 0 Å². The Hall–Kier alpha value is -0.530. The fraction of sp³-hybridized carbons (Fsp3) is 0.571. The lowest BCUT2D eigenvalue weighted by Gasteiger charge is -2.21. The van der Waals surface area contributed by atoms with E-state index in [1.807, 2.05) is 12.1 Å². The van der Waals surface area contributed by atoms with Crippen LogP contribution in [0.25, 0.3) is 0 Å². The molecule has 0 aliphatic heterocycles. The third-order valence-electron chi connectivity index (χ3n) is 3.38. The summed E-state index contributed by atoms with van der Waals surface area (Å²) in [5, 5.41) is 4.50. The molecule has 1 N–H and O–H groups in total. The predicted octanol–water partition coefficient (Wildman–Crippen LogP) is 3.66. The molecule has 2 heteroatoms. The average Bonchev–Trinajstić information content (AvgIpc) is 3.01. The highest BCUT2D eigenvalue weighted by atomic mass is 35.5. The van der Waals surface area contributed by atoms with E-state index >= 15 is 0 Å². The van der Waals surface area contributed by atoms with Crippen LogP contribution in [0.3, 0.4) is 0 Å². The minimum Gasteiger partial charge on any atom is -0.311 e. The van der Waals surface area contributed by atoms with Crippen molar-refractivity contribution in [2.45, 2.75) is 45.2 Å². The zero-order chi connectivity index (χ0) is 11.5. The van der Waals surface area contributed by atoms with Gasteiger partial charge in [-0.1, -0.05) is 30.7 Å². The molecule has 0 radical (unpaired) electrons. The smallest absolute Gasteiger partial charge is 0.0408 e. The van der Waals surface area contributed by atoms with Gasteiger partial charge in [0.2, 0.25) is 0 Å². The van der Waals surface area contributed by atoms with Crippen molar-refractivity contribution in [2.75, 3.05) is 0 Å². The van der Waals surface area contributed by atoms with Crippen LogP contribution in [0, 0.1) is 5.92 Å². The lowest BCUT2D eigenvalue weighted by Crippen LogP contribution is -2.34. The van der Waals surface area contributed by atoms with Gasteiger partial charge >= 0.3 is 0 Å². The molecule has 2 atom stereocenters. The summed E-state index contributed by atoms with van der Waals surface area (Å²) in [5.41, 5.74) is 1.34. The van der Waals surface area contributed by atoms with E-state index in [9.17, 15) is 0 Å². The first-order valence-electron chi connectivity index (χ1n) is 6.15. The third-order valence-corrected chi connectivity index (χ3v) is 3.61. The van der Waals surface area contributed by atoms with E-state index in [4.69, 9.17) is 11.6 Å². The van der Waals surface area contributed by atoms with Crippen molar-refractivity contribution in [1.29, 1.82) is 0 Å². The molecule has 2 rings (SSSR count). The Morgan fingerprint density at radius 2 is 2.12 bits per heavy atom. The maximum atomic E-state index is 5.99. The first-order chi connectivity index (χ1) is 7.65. The van der Waals surface area contributed by atoms with Crippen LogP contribution in [0.15, 0.2) is 24.3 Å². The Balaban J connectivity index is 1.87. The van der Waals surface area contributed by atoms with Crippen LogP contribution in [-0.2, 0) is 6.42 Å². The van der Waals surface area contributed by atoms with E-state index in [-0.39, 0.29) is 0 Å². The van der Waals surface area contributed by atoms with Crippen molar-refractivity contribution in [3.05, 3.63) is 34.9 Å². The highest BCUT2D eigenvalue weighted by Crippen LogP contribution is 2.22. The lowest BCUT2D eigenvalue weighted by molar-refractivity contribution is 0.396. The van der Waals surface area contributed by atoms with Gasteiger partial charge in [0.1, 0.15) is 0 Å². The summed E-state index contributed by atoms with van der Waals surface area (Å²) in [7, 11) is 0. The van der Waals surface area contributed by atoms with E-state index in [1.165, 1.54) is 18.4 Å². The summed E-state index contributed by atoms with van der Waals surface area (Å²) in [5.74, 6) is 0.652. The normalized spacial score (nSPS) is 19.4. The summed E-state index contributed by atoms with van der Waals surface area (Å²) in [6.45, 7) is 4.59. The Morgan fingerprint density at radius 1 is 1.38 bits per heavy atom. The van der Waals surface area contributed by atoms with Gasteiger partial charge in [0.15, 0.2) is 0 Å². The van der Waals surface area contributed by atoms with Gasteiger partial charge in [-0.3, -0.25) is 0 Å². The van der Waals surface area contributed by atoms with Gasteiger partial charge in [-0.05, 0) is 49.8 Å². The minimum absolute atomic E-state index is 0.589. The number of nitrogens with one attached hydrogen (secondary N) is 1. The molecule has 0 aromatic heterocycles. The van der Waals surface area contributed by atoms with Crippen molar-refractivity contribution in [1.82, 2.24) is 5.32 Å². The lowest BCUT2D eigenvalue weighted by atomic mass is 9.95. The van der Waals surface area contributed by atoms with E-state index in [2.05, 4.69) is 31.3 Å². The second-order valence-electron chi connectivity index (χ2n) is 5.04. The summed E-state index contributed by atoms with van der Waals surface area (Å²) in [6, 6.07) is 9.57. The van der Waals surface area contributed by atoms with Crippen LogP contribution < -0.4 is 5.32 Å². The zero-order valence-electron chi connectivity index (χ0n) is 10.0. The molecule has 1 saturated carbocycles. The van der Waals surface area contributed by atoms with Crippen molar-refractivity contribution < 1.29 is 0 Å². The molecular formula is C14H20ClN. The van der Waals surface area contributed by atoms with E-state index in [1.54, 1.807) is 0 Å². The molecule has 0 saturated heterocycles. The molecule has 2 unspecified atom stereocenters. The van der Waals surface area contributed by atoms with Gasteiger partial charge < -0.3 is 5.32 Å². The molecule has 88 valence electrons. The molecule has 0 heterocycles. The second-order valence-corrected chi connectivity index (χ2v) is 5.48. The summed E-state index contributed by atoms with van der Waals surface area (Å²) < 4.78 is 0. The van der Waals surface area contributed by atoms with Gasteiger partial charge in [0.25, 0.3) is 0 Å². The highest BCUT2D eigenvalue weighted by molar-refractivity contribution is 6.30. The highest BCUT2D eigenvalue weighted by Gasteiger charge is 2.24. The minimum atomic E-state index is 0.589. The van der Waals surface area contributed by atoms with Gasteiger partial charge in [0.05, 0.1) is 0 Å². The maximum absolute atomic E-state index is 5.99. The van der Waals surface area contributed by atoms with E-state index in [0.29, 0.717) is 12.0 Å². The summed E-state index contributed by atoms with van der Waals surface area (Å²) in [6.07, 6.45) is 3.81. The number of rotatable bonds is 5. The SMILES string of the molecule is CC(Cc1cccc(Cl)c1)C(C)NC1CC1. The Morgan fingerprint density at radius 3 is 2.75 bits per heavy atom. The first kappa shape index (κ1) is 11.9. The maximum Gasteiger partial charge on any atom is 0.0408 e. The fourth-order valence-electron chi connectivity index (χ4n) is 2.00. The largest absolute Gasteiger partial charge is 0.311 e. The molecule has 1 aromatic carbocycles. The van der Waals surface area contributed by atoms with Crippen LogP contribution in [0.1, 0.15) is 32.3 Å². The molecule has 0 bridgehead atoms. The van der Waals surface area contributed by atoms with Crippen LogP contribution in [-0.4, -0.2) is 12.1 Å². The predicted molar refractivity (Wildman–Crippen MR) is 69.9 cm³/mol. The van der Waals surface area contributed by atoms with Crippen LogP contribution in [0.4, 0.5) is 0 Å². The monoisotopic (exact) mass is 237 g/mol. The molecule has 0 spiro atoms. The Labute approximate surface area is 103 Å². The number of hydrogen-bond acceptors (Lipinski definition) is 1. The van der Waals surface area contributed by atoms with Gasteiger partial charge in [-0.2, -0.15) is 0 Å². The van der Waals surface area contributed by atoms with E-state index in [0.717, 1.165) is 17.5 Å². The third kappa shape index (κ3) is 3.50. The molecule has 1 aliphatic rings. The average molecular weight is 238 g/mol. The van der Waals surface area contributed by atoms with Crippen LogP contribution in [0.2, 0.25) is 5.02 Å². The Kier molecular flexibility index (Phi) is 3.88. The number of hydrogen-bond donors (Lipinski definition) is 1. The molecule has 0 amide bonds. The van der Waals surface area contributed by atoms with Crippen molar-refractivity contribution in [2.24, 2.45) is 5.92 Å². The van der Waals surface area contributed by atoms with Gasteiger partial charge in [0, 0.05) is 17.1 Å². The molecule has 1 aromatic rings. The van der Waals surface area contributed by atoms with Crippen LogP contribution >= 0.6 is 11.6 Å². The zero-order valence-corrected chi connectivity index (χ0v) is 10.8. The fourth-order valence-corrected chi connectivity index (χ4v) is 2.21. The quantitative estimate of drug-likeness (QED) is 0.824. The molecule has 1 aliphatic carbocycles. The van der Waals surface area contributed by atoms with Crippen LogP contribution in [0.5, 0.6) is 0 Å². The number of halogens is 1. The second kappa shape index (κ2) is 5.20. The van der Waals surface area contributed by atoms with Crippen molar-refractivity contribution in [3.8, 4) is 0 Å². The summed E-state index contributed by atoms with van der Waals surface area (Å²) >= 11 is 5.99. The number of benzene rings is 1. The molecule has 1 nitrogen and oxygen atoms in total. The van der Waals surface area contributed by atoms with E-state index < -0.39 is 0 Å². The molecule has 16 heavy (non-hydrogen) atoms. The molecule has 1 fully saturated rings. The Bertz CT molecular complexity index is 346.